The Labute approximate surface area is 102 Å². The standard InChI is InChI=1S/C12H16ClNS/c1-11(2)12(13,14(11)8-9-15)10-6-4-3-5-7-10/h3-7,15H,8-9H2,1-2H3. The van der Waals surface area contributed by atoms with E-state index in [0.29, 0.717) is 0 Å². The van der Waals surface area contributed by atoms with Crippen molar-refractivity contribution in [3.8, 4) is 0 Å². The van der Waals surface area contributed by atoms with Gasteiger partial charge in [0.05, 0.1) is 5.54 Å². The second kappa shape index (κ2) is 3.69. The van der Waals surface area contributed by atoms with Gasteiger partial charge in [-0.2, -0.15) is 12.6 Å². The Morgan fingerprint density at radius 2 is 1.87 bits per heavy atom. The van der Waals surface area contributed by atoms with Gasteiger partial charge in [0.2, 0.25) is 0 Å². The predicted molar refractivity (Wildman–Crippen MR) is 68.6 cm³/mol. The molecule has 0 spiro atoms. The number of alkyl halides is 1. The Morgan fingerprint density at radius 1 is 1.27 bits per heavy atom. The van der Waals surface area contributed by atoms with E-state index < -0.39 is 0 Å². The van der Waals surface area contributed by atoms with Crippen molar-refractivity contribution in [2.45, 2.75) is 24.4 Å². The van der Waals surface area contributed by atoms with Crippen molar-refractivity contribution in [1.29, 1.82) is 0 Å². The minimum absolute atomic E-state index is 0.0264. The summed E-state index contributed by atoms with van der Waals surface area (Å²) in [6.07, 6.45) is 0. The number of hydrogen-bond donors (Lipinski definition) is 1. The van der Waals surface area contributed by atoms with E-state index >= 15 is 0 Å². The molecule has 1 aliphatic rings. The third kappa shape index (κ3) is 1.50. The number of hydrogen-bond acceptors (Lipinski definition) is 2. The molecule has 0 amide bonds. The zero-order chi connectivity index (χ0) is 11.1. The lowest BCUT2D eigenvalue weighted by molar-refractivity contribution is 0.456. The first-order valence-corrected chi connectivity index (χ1v) is 6.19. The Morgan fingerprint density at radius 3 is 2.40 bits per heavy atom. The molecule has 15 heavy (non-hydrogen) atoms. The molecule has 0 aliphatic carbocycles. The van der Waals surface area contributed by atoms with Crippen LogP contribution in [-0.4, -0.2) is 22.7 Å². The van der Waals surface area contributed by atoms with E-state index in [2.05, 4.69) is 43.5 Å². The number of thiol groups is 1. The van der Waals surface area contributed by atoms with Crippen LogP contribution in [0.1, 0.15) is 19.4 Å². The van der Waals surface area contributed by atoms with Crippen molar-refractivity contribution >= 4 is 24.2 Å². The van der Waals surface area contributed by atoms with Crippen LogP contribution in [0.3, 0.4) is 0 Å². The molecule has 2 atom stereocenters. The zero-order valence-corrected chi connectivity index (χ0v) is 10.7. The van der Waals surface area contributed by atoms with Crippen LogP contribution in [0.2, 0.25) is 0 Å². The third-order valence-corrected chi connectivity index (χ3v) is 4.37. The Hall–Kier alpha value is -0.180. The van der Waals surface area contributed by atoms with Gasteiger partial charge < -0.3 is 0 Å². The van der Waals surface area contributed by atoms with E-state index in [1.807, 2.05) is 18.2 Å². The van der Waals surface area contributed by atoms with Gasteiger partial charge in [-0.1, -0.05) is 41.9 Å². The van der Waals surface area contributed by atoms with Crippen LogP contribution in [0.25, 0.3) is 0 Å². The number of nitrogens with zero attached hydrogens (tertiary/aromatic N) is 1. The molecule has 1 aromatic rings. The maximum Gasteiger partial charge on any atom is 0.140 e. The molecule has 1 fully saturated rings. The molecule has 3 heteroatoms. The van der Waals surface area contributed by atoms with Crippen LogP contribution in [0.5, 0.6) is 0 Å². The first kappa shape index (κ1) is 11.3. The summed E-state index contributed by atoms with van der Waals surface area (Å²) in [4.78, 5) is 1.95. The summed E-state index contributed by atoms with van der Waals surface area (Å²) in [6.45, 7) is 5.28. The van der Waals surface area contributed by atoms with Crippen LogP contribution >= 0.6 is 24.2 Å². The number of rotatable bonds is 3. The van der Waals surface area contributed by atoms with Gasteiger partial charge in [-0.15, -0.1) is 0 Å². The maximum atomic E-state index is 6.70. The van der Waals surface area contributed by atoms with Gasteiger partial charge in [0.25, 0.3) is 0 Å². The molecule has 1 saturated heterocycles. The SMILES string of the molecule is CC1(C)N(CCS)C1(Cl)c1ccccc1. The summed E-state index contributed by atoms with van der Waals surface area (Å²) in [5, 5.41) is 0. The lowest BCUT2D eigenvalue weighted by atomic mass is 10.0. The summed E-state index contributed by atoms with van der Waals surface area (Å²) < 4.78 is 0. The molecule has 2 unspecified atom stereocenters. The lowest BCUT2D eigenvalue weighted by Crippen LogP contribution is -2.11. The quantitative estimate of drug-likeness (QED) is 0.368. The van der Waals surface area contributed by atoms with Gasteiger partial charge in [0.1, 0.15) is 5.00 Å². The average molecular weight is 242 g/mol. The van der Waals surface area contributed by atoms with Gasteiger partial charge in [-0.25, -0.2) is 0 Å². The normalized spacial score (nSPS) is 32.7. The largest absolute Gasteiger partial charge is 0.270 e. The van der Waals surface area contributed by atoms with E-state index in [1.54, 1.807) is 0 Å². The van der Waals surface area contributed by atoms with Crippen molar-refractivity contribution in [1.82, 2.24) is 4.90 Å². The Bertz CT molecular complexity index is 352. The van der Waals surface area contributed by atoms with Gasteiger partial charge >= 0.3 is 0 Å². The molecule has 1 aromatic carbocycles. The summed E-state index contributed by atoms with van der Waals surface area (Å²) in [7, 11) is 0. The van der Waals surface area contributed by atoms with Crippen LogP contribution < -0.4 is 0 Å². The van der Waals surface area contributed by atoms with Crippen LogP contribution in [0.4, 0.5) is 0 Å². The topological polar surface area (TPSA) is 3.01 Å². The highest BCUT2D eigenvalue weighted by Gasteiger charge is 2.68. The molecule has 0 bridgehead atoms. The second-order valence-electron chi connectivity index (χ2n) is 4.42. The fourth-order valence-electron chi connectivity index (χ4n) is 2.32. The molecule has 2 rings (SSSR count). The van der Waals surface area contributed by atoms with Gasteiger partial charge in [0, 0.05) is 12.3 Å². The average Bonchev–Trinajstić information content (AvgIpc) is 2.67. The van der Waals surface area contributed by atoms with Gasteiger partial charge in [-0.05, 0) is 19.4 Å². The molecule has 1 heterocycles. The Kier molecular flexibility index (Phi) is 2.78. The molecule has 82 valence electrons. The summed E-state index contributed by atoms with van der Waals surface area (Å²) in [5.74, 6) is 0.838. The summed E-state index contributed by atoms with van der Waals surface area (Å²) >= 11 is 11.0. The second-order valence-corrected chi connectivity index (χ2v) is 5.42. The van der Waals surface area contributed by atoms with Crippen molar-refractivity contribution in [2.24, 2.45) is 0 Å². The molecule has 0 aromatic heterocycles. The van der Waals surface area contributed by atoms with Gasteiger partial charge in [-0.3, -0.25) is 4.90 Å². The van der Waals surface area contributed by atoms with Gasteiger partial charge in [0.15, 0.2) is 0 Å². The van der Waals surface area contributed by atoms with E-state index in [-0.39, 0.29) is 10.5 Å². The zero-order valence-electron chi connectivity index (χ0n) is 9.07. The molecule has 0 radical (unpaired) electrons. The van der Waals surface area contributed by atoms with E-state index in [0.717, 1.165) is 12.3 Å². The van der Waals surface area contributed by atoms with E-state index in [1.165, 1.54) is 5.56 Å². The minimum atomic E-state index is -0.336. The fourth-order valence-corrected chi connectivity index (χ4v) is 3.00. The first-order valence-electron chi connectivity index (χ1n) is 5.18. The first-order chi connectivity index (χ1) is 7.05. The highest BCUT2D eigenvalue weighted by atomic mass is 35.5. The smallest absolute Gasteiger partial charge is 0.140 e. The van der Waals surface area contributed by atoms with Crippen LogP contribution in [-0.2, 0) is 5.00 Å². The molecule has 0 saturated carbocycles. The summed E-state index contributed by atoms with van der Waals surface area (Å²) in [6, 6.07) is 10.3. The number of benzene rings is 1. The molecule has 1 nitrogen and oxygen atoms in total. The number of halogens is 1. The molecule has 1 aliphatic heterocycles. The summed E-state index contributed by atoms with van der Waals surface area (Å²) in [5.41, 5.74) is 1.21. The molecule has 0 N–H and O–H groups in total. The van der Waals surface area contributed by atoms with Crippen molar-refractivity contribution in [3.63, 3.8) is 0 Å². The van der Waals surface area contributed by atoms with Crippen molar-refractivity contribution in [3.05, 3.63) is 35.9 Å². The lowest BCUT2D eigenvalue weighted by Gasteiger charge is -2.10. The fraction of sp³-hybridized carbons (Fsp3) is 0.500. The van der Waals surface area contributed by atoms with Crippen LogP contribution in [0.15, 0.2) is 30.3 Å². The maximum absolute atomic E-state index is 6.70. The molecular weight excluding hydrogens is 226 g/mol. The van der Waals surface area contributed by atoms with E-state index in [4.69, 9.17) is 11.6 Å². The van der Waals surface area contributed by atoms with E-state index in [9.17, 15) is 0 Å². The highest BCUT2D eigenvalue weighted by molar-refractivity contribution is 7.80. The van der Waals surface area contributed by atoms with Crippen molar-refractivity contribution < 1.29 is 0 Å². The predicted octanol–water partition coefficient (Wildman–Crippen LogP) is 3.10. The van der Waals surface area contributed by atoms with Crippen LogP contribution in [0, 0.1) is 0 Å². The minimum Gasteiger partial charge on any atom is -0.270 e. The highest BCUT2D eigenvalue weighted by Crippen LogP contribution is 2.61. The third-order valence-electron chi connectivity index (χ3n) is 3.29. The monoisotopic (exact) mass is 241 g/mol. The van der Waals surface area contributed by atoms with Crippen molar-refractivity contribution in [2.75, 3.05) is 12.3 Å². The molecular formula is C12H16ClNS. The Balaban J connectivity index is 2.30.